The van der Waals surface area contributed by atoms with E-state index in [1.54, 1.807) is 6.07 Å². The summed E-state index contributed by atoms with van der Waals surface area (Å²) in [5.74, 6) is -1.70. The monoisotopic (exact) mass is 347 g/mol. The van der Waals surface area contributed by atoms with Crippen LogP contribution in [0.1, 0.15) is 18.5 Å². The number of rotatable bonds is 2. The molecule has 0 aliphatic carbocycles. The van der Waals surface area contributed by atoms with Gasteiger partial charge in [-0.15, -0.1) is 0 Å². The Bertz CT molecular complexity index is 769. The summed E-state index contributed by atoms with van der Waals surface area (Å²) in [6.07, 6.45) is 2.20. The first-order valence-electron chi connectivity index (χ1n) is 8.95. The second-order valence-electron chi connectivity index (χ2n) is 6.91. The fourth-order valence-electron chi connectivity index (χ4n) is 3.98. The molecule has 3 heterocycles. The van der Waals surface area contributed by atoms with Gasteiger partial charge in [0.25, 0.3) is 0 Å². The number of piperazine rings is 1. The predicted molar refractivity (Wildman–Crippen MR) is 94.0 cm³/mol. The Kier molecular flexibility index (Phi) is 4.56. The topological polar surface area (TPSA) is 28.6 Å². The number of fused-ring (bicyclic) bond motifs is 1. The largest absolute Gasteiger partial charge is 0.381 e. The molecule has 1 aromatic heterocycles. The Labute approximate surface area is 146 Å². The van der Waals surface area contributed by atoms with E-state index in [2.05, 4.69) is 14.8 Å². The van der Waals surface area contributed by atoms with Gasteiger partial charge in [0.05, 0.1) is 0 Å². The van der Waals surface area contributed by atoms with Crippen LogP contribution in [0, 0.1) is 18.6 Å². The average molecular weight is 347 g/mol. The van der Waals surface area contributed by atoms with Crippen LogP contribution in [0.5, 0.6) is 0 Å². The molecule has 4 nitrogen and oxygen atoms in total. The fourth-order valence-corrected chi connectivity index (χ4v) is 3.98. The summed E-state index contributed by atoms with van der Waals surface area (Å²) in [4.78, 5) is 9.02. The molecule has 2 aromatic rings. The first kappa shape index (κ1) is 16.7. The van der Waals surface area contributed by atoms with Crippen molar-refractivity contribution >= 4 is 16.6 Å². The molecule has 2 fully saturated rings. The number of benzene rings is 1. The molecule has 4 rings (SSSR count). The van der Waals surface area contributed by atoms with Crippen molar-refractivity contribution in [2.24, 2.45) is 0 Å². The third-order valence-electron chi connectivity index (χ3n) is 5.34. The van der Waals surface area contributed by atoms with E-state index in [1.807, 2.05) is 13.0 Å². The Hall–Kier alpha value is -1.79. The molecule has 25 heavy (non-hydrogen) atoms. The normalized spacial score (nSPS) is 20.4. The van der Waals surface area contributed by atoms with Crippen molar-refractivity contribution in [2.75, 3.05) is 44.3 Å². The van der Waals surface area contributed by atoms with Crippen LogP contribution in [0.2, 0.25) is 0 Å². The van der Waals surface area contributed by atoms with Crippen molar-refractivity contribution < 1.29 is 13.5 Å². The van der Waals surface area contributed by atoms with E-state index in [9.17, 15) is 8.78 Å². The molecule has 0 saturated carbocycles. The van der Waals surface area contributed by atoms with E-state index in [0.29, 0.717) is 17.1 Å². The minimum Gasteiger partial charge on any atom is -0.381 e. The molecule has 0 amide bonds. The smallest absolute Gasteiger partial charge is 0.185 e. The SMILES string of the molecule is Cc1cc(N2CCN(C3CCOCC3)CC2)c2ccc(F)c(F)c2n1. The minimum absolute atomic E-state index is 0.127. The summed E-state index contributed by atoms with van der Waals surface area (Å²) in [6.45, 7) is 7.26. The van der Waals surface area contributed by atoms with Gasteiger partial charge in [-0.3, -0.25) is 4.90 Å². The number of hydrogen-bond acceptors (Lipinski definition) is 4. The molecule has 6 heteroatoms. The summed E-state index contributed by atoms with van der Waals surface area (Å²) in [6, 6.07) is 5.42. The van der Waals surface area contributed by atoms with Crippen LogP contribution in [0.3, 0.4) is 0 Å². The van der Waals surface area contributed by atoms with Crippen LogP contribution < -0.4 is 4.90 Å². The maximum atomic E-state index is 14.2. The standard InChI is InChI=1S/C19H23F2N3O/c1-13-12-17(15-2-3-16(20)18(21)19(15)22-13)24-8-6-23(7-9-24)14-4-10-25-11-5-14/h2-3,12,14H,4-11H2,1H3. The Morgan fingerprint density at radius 3 is 2.52 bits per heavy atom. The van der Waals surface area contributed by atoms with E-state index in [0.717, 1.165) is 57.9 Å². The van der Waals surface area contributed by atoms with Crippen LogP contribution >= 0.6 is 0 Å². The van der Waals surface area contributed by atoms with Crippen molar-refractivity contribution in [2.45, 2.75) is 25.8 Å². The zero-order chi connectivity index (χ0) is 17.4. The maximum absolute atomic E-state index is 14.2. The fraction of sp³-hybridized carbons (Fsp3) is 0.526. The van der Waals surface area contributed by atoms with Crippen LogP contribution in [-0.2, 0) is 4.74 Å². The van der Waals surface area contributed by atoms with Gasteiger partial charge in [0.1, 0.15) is 5.52 Å². The molecule has 0 N–H and O–H groups in total. The van der Waals surface area contributed by atoms with Gasteiger partial charge in [-0.25, -0.2) is 13.8 Å². The summed E-state index contributed by atoms with van der Waals surface area (Å²) in [5.41, 5.74) is 1.79. The number of nitrogens with zero attached hydrogens (tertiary/aromatic N) is 3. The lowest BCUT2D eigenvalue weighted by molar-refractivity contribution is 0.0321. The second kappa shape index (κ2) is 6.84. The zero-order valence-electron chi connectivity index (χ0n) is 14.5. The van der Waals surface area contributed by atoms with E-state index in [1.165, 1.54) is 6.07 Å². The van der Waals surface area contributed by atoms with E-state index in [-0.39, 0.29) is 5.52 Å². The van der Waals surface area contributed by atoms with Gasteiger partial charge in [0.15, 0.2) is 11.6 Å². The lowest BCUT2D eigenvalue weighted by Gasteiger charge is -2.41. The van der Waals surface area contributed by atoms with Crippen LogP contribution in [0.25, 0.3) is 10.9 Å². The lowest BCUT2D eigenvalue weighted by atomic mass is 10.1. The first-order chi connectivity index (χ1) is 12.1. The summed E-state index contributed by atoms with van der Waals surface area (Å²) in [7, 11) is 0. The number of aromatic nitrogens is 1. The Morgan fingerprint density at radius 1 is 1.08 bits per heavy atom. The highest BCUT2D eigenvalue weighted by atomic mass is 19.2. The van der Waals surface area contributed by atoms with Gasteiger partial charge in [-0.05, 0) is 38.0 Å². The molecular weight excluding hydrogens is 324 g/mol. The van der Waals surface area contributed by atoms with Gasteiger partial charge in [-0.1, -0.05) is 0 Å². The third-order valence-corrected chi connectivity index (χ3v) is 5.34. The number of hydrogen-bond donors (Lipinski definition) is 0. The predicted octanol–water partition coefficient (Wildman–Crippen LogP) is 3.12. The molecule has 0 bridgehead atoms. The second-order valence-corrected chi connectivity index (χ2v) is 6.91. The highest BCUT2D eigenvalue weighted by Gasteiger charge is 2.26. The number of ether oxygens (including phenoxy) is 1. The van der Waals surface area contributed by atoms with Gasteiger partial charge in [0.2, 0.25) is 0 Å². The molecule has 2 aliphatic rings. The molecule has 134 valence electrons. The summed E-state index contributed by atoms with van der Waals surface area (Å²) in [5, 5.41) is 0.684. The van der Waals surface area contributed by atoms with Crippen LogP contribution in [0.15, 0.2) is 18.2 Å². The van der Waals surface area contributed by atoms with Gasteiger partial charge in [-0.2, -0.15) is 0 Å². The highest BCUT2D eigenvalue weighted by molar-refractivity contribution is 5.92. The summed E-state index contributed by atoms with van der Waals surface area (Å²) >= 11 is 0. The van der Waals surface area contributed by atoms with Crippen LogP contribution in [0.4, 0.5) is 14.5 Å². The zero-order valence-corrected chi connectivity index (χ0v) is 14.5. The first-order valence-corrected chi connectivity index (χ1v) is 8.95. The quantitative estimate of drug-likeness (QED) is 0.835. The number of anilines is 1. The van der Waals surface area contributed by atoms with Crippen molar-refractivity contribution in [1.29, 1.82) is 0 Å². The number of pyridine rings is 1. The van der Waals surface area contributed by atoms with Gasteiger partial charge >= 0.3 is 0 Å². The Morgan fingerprint density at radius 2 is 1.80 bits per heavy atom. The molecule has 0 atom stereocenters. The minimum atomic E-state index is -0.858. The van der Waals surface area contributed by atoms with E-state index in [4.69, 9.17) is 4.74 Å². The molecular formula is C19H23F2N3O. The van der Waals surface area contributed by atoms with Gasteiger partial charge in [0, 0.05) is 62.2 Å². The van der Waals surface area contributed by atoms with Crippen molar-refractivity contribution in [3.8, 4) is 0 Å². The van der Waals surface area contributed by atoms with Gasteiger partial charge < -0.3 is 9.64 Å². The Balaban J connectivity index is 1.57. The lowest BCUT2D eigenvalue weighted by Crippen LogP contribution is -2.51. The molecule has 0 spiro atoms. The number of halogens is 2. The van der Waals surface area contributed by atoms with E-state index >= 15 is 0 Å². The molecule has 0 radical (unpaired) electrons. The highest BCUT2D eigenvalue weighted by Crippen LogP contribution is 2.30. The third kappa shape index (κ3) is 3.20. The van der Waals surface area contributed by atoms with Crippen LogP contribution in [-0.4, -0.2) is 55.3 Å². The van der Waals surface area contributed by atoms with E-state index < -0.39 is 11.6 Å². The maximum Gasteiger partial charge on any atom is 0.185 e. The van der Waals surface area contributed by atoms with Crippen molar-refractivity contribution in [1.82, 2.24) is 9.88 Å². The molecule has 0 unspecified atom stereocenters. The average Bonchev–Trinajstić information content (AvgIpc) is 2.65. The summed E-state index contributed by atoms with van der Waals surface area (Å²) < 4.78 is 33.2. The molecule has 1 aromatic carbocycles. The van der Waals surface area contributed by atoms with Crippen molar-refractivity contribution in [3.05, 3.63) is 35.5 Å². The van der Waals surface area contributed by atoms with Crippen molar-refractivity contribution in [3.63, 3.8) is 0 Å². The molecule has 2 aliphatic heterocycles. The number of aryl methyl sites for hydroxylation is 1. The molecule has 2 saturated heterocycles.